The van der Waals surface area contributed by atoms with Crippen LogP contribution in [-0.4, -0.2) is 0 Å². The van der Waals surface area contributed by atoms with E-state index in [0.29, 0.717) is 0 Å². The minimum absolute atomic E-state index is 0.894. The van der Waals surface area contributed by atoms with Crippen LogP contribution in [0.15, 0.2) is 150 Å². The second-order valence-electron chi connectivity index (χ2n) is 10.5. The third kappa shape index (κ3) is 3.63. The average Bonchev–Trinajstić information content (AvgIpc) is 3.39. The fraction of sp³-hybridized carbons (Fsp3) is 0.0256. The lowest BCUT2D eigenvalue weighted by atomic mass is 9.84. The quantitative estimate of drug-likeness (QED) is 0.215. The Labute approximate surface area is 232 Å². The smallest absolute Gasteiger partial charge is 0.135 e. The van der Waals surface area contributed by atoms with Crippen molar-refractivity contribution >= 4 is 43.5 Å². The third-order valence-electron chi connectivity index (χ3n) is 8.12. The zero-order chi connectivity index (χ0) is 26.5. The number of para-hydroxylation sites is 1. The molecule has 0 N–H and O–H groups in total. The minimum atomic E-state index is 0.894. The highest BCUT2D eigenvalue weighted by Crippen LogP contribution is 2.45. The van der Waals surface area contributed by atoms with Crippen molar-refractivity contribution in [3.8, 4) is 22.3 Å². The molecule has 1 heterocycles. The maximum absolute atomic E-state index is 6.16. The molecule has 8 aromatic rings. The number of rotatable bonds is 4. The van der Waals surface area contributed by atoms with Gasteiger partial charge in [0.15, 0.2) is 0 Å². The SMILES string of the molecule is c1ccc(Cc2ccccc2-c2c3ccccc3c(-c3ccc4oc5ccccc5c4c3)c3ccccc23)cc1. The third-order valence-corrected chi connectivity index (χ3v) is 8.12. The van der Waals surface area contributed by atoms with Crippen molar-refractivity contribution in [2.24, 2.45) is 0 Å². The minimum Gasteiger partial charge on any atom is -0.456 e. The Kier molecular flexibility index (Phi) is 5.28. The maximum atomic E-state index is 6.16. The summed E-state index contributed by atoms with van der Waals surface area (Å²) in [5.74, 6) is 0. The molecule has 0 radical (unpaired) electrons. The summed E-state index contributed by atoms with van der Waals surface area (Å²) in [5.41, 5.74) is 9.57. The Morgan fingerprint density at radius 2 is 0.950 bits per heavy atom. The maximum Gasteiger partial charge on any atom is 0.135 e. The van der Waals surface area contributed by atoms with Gasteiger partial charge in [-0.25, -0.2) is 0 Å². The highest BCUT2D eigenvalue weighted by atomic mass is 16.3. The molecule has 1 aromatic heterocycles. The number of hydrogen-bond acceptors (Lipinski definition) is 1. The van der Waals surface area contributed by atoms with Gasteiger partial charge in [0.25, 0.3) is 0 Å². The Morgan fingerprint density at radius 1 is 0.400 bits per heavy atom. The van der Waals surface area contributed by atoms with Crippen LogP contribution in [0.25, 0.3) is 65.7 Å². The first kappa shape index (κ1) is 22.8. The van der Waals surface area contributed by atoms with E-state index in [9.17, 15) is 0 Å². The molecular weight excluding hydrogens is 484 g/mol. The van der Waals surface area contributed by atoms with Crippen LogP contribution < -0.4 is 0 Å². The molecule has 0 aliphatic rings. The molecule has 0 spiro atoms. The summed E-state index contributed by atoms with van der Waals surface area (Å²) in [6.45, 7) is 0. The highest BCUT2D eigenvalue weighted by molar-refractivity contribution is 6.22. The molecule has 0 unspecified atom stereocenters. The number of fused-ring (bicyclic) bond motifs is 5. The summed E-state index contributed by atoms with van der Waals surface area (Å²) in [7, 11) is 0. The normalized spacial score (nSPS) is 11.6. The fourth-order valence-electron chi connectivity index (χ4n) is 6.35. The molecule has 1 heteroatoms. The predicted octanol–water partition coefficient (Wildman–Crippen LogP) is 10.8. The molecule has 0 bridgehead atoms. The van der Waals surface area contributed by atoms with E-state index in [4.69, 9.17) is 4.42 Å². The molecule has 0 aliphatic heterocycles. The van der Waals surface area contributed by atoms with Crippen molar-refractivity contribution in [3.63, 3.8) is 0 Å². The Bertz CT molecular complexity index is 2130. The standard InChI is InChI=1S/C39H26O/c1-2-12-26(13-3-1)24-27-14-4-5-15-29(27)39-33-19-8-6-17-31(33)38(32-18-7-9-20-34(32)39)28-22-23-37-35(25-28)30-16-10-11-21-36(30)40-37/h1-23,25H,24H2. The van der Waals surface area contributed by atoms with E-state index in [0.717, 1.165) is 28.4 Å². The highest BCUT2D eigenvalue weighted by Gasteiger charge is 2.19. The van der Waals surface area contributed by atoms with E-state index in [1.807, 2.05) is 12.1 Å². The average molecular weight is 511 g/mol. The molecule has 188 valence electrons. The summed E-state index contributed by atoms with van der Waals surface area (Å²) in [6.07, 6.45) is 0.894. The molecule has 0 aliphatic carbocycles. The van der Waals surface area contributed by atoms with Crippen LogP contribution in [0.3, 0.4) is 0 Å². The Hall–Kier alpha value is -5.14. The lowest BCUT2D eigenvalue weighted by Crippen LogP contribution is -1.95. The molecule has 7 aromatic carbocycles. The molecule has 40 heavy (non-hydrogen) atoms. The summed E-state index contributed by atoms with van der Waals surface area (Å²) in [6, 6.07) is 52.3. The van der Waals surface area contributed by atoms with Crippen molar-refractivity contribution < 1.29 is 4.42 Å². The van der Waals surface area contributed by atoms with Crippen molar-refractivity contribution in [1.82, 2.24) is 0 Å². The fourth-order valence-corrected chi connectivity index (χ4v) is 6.35. The van der Waals surface area contributed by atoms with Gasteiger partial charge in [-0.05, 0) is 79.5 Å². The summed E-state index contributed by atoms with van der Waals surface area (Å²) >= 11 is 0. The van der Waals surface area contributed by atoms with Gasteiger partial charge >= 0.3 is 0 Å². The molecule has 0 amide bonds. The molecular formula is C39H26O. The topological polar surface area (TPSA) is 13.1 Å². The zero-order valence-corrected chi connectivity index (χ0v) is 22.0. The van der Waals surface area contributed by atoms with Gasteiger partial charge in [0, 0.05) is 10.8 Å². The van der Waals surface area contributed by atoms with E-state index in [1.54, 1.807) is 0 Å². The molecule has 1 nitrogen and oxygen atoms in total. The van der Waals surface area contributed by atoms with Gasteiger partial charge in [-0.2, -0.15) is 0 Å². The van der Waals surface area contributed by atoms with Crippen molar-refractivity contribution in [2.75, 3.05) is 0 Å². The van der Waals surface area contributed by atoms with Gasteiger partial charge in [0.2, 0.25) is 0 Å². The Morgan fingerprint density at radius 3 is 1.68 bits per heavy atom. The molecule has 0 saturated heterocycles. The predicted molar refractivity (Wildman–Crippen MR) is 169 cm³/mol. The Balaban J connectivity index is 1.43. The van der Waals surface area contributed by atoms with Crippen molar-refractivity contribution in [3.05, 3.63) is 157 Å². The summed E-state index contributed by atoms with van der Waals surface area (Å²) < 4.78 is 6.16. The van der Waals surface area contributed by atoms with Crippen LogP contribution in [0.5, 0.6) is 0 Å². The monoisotopic (exact) mass is 510 g/mol. The number of hydrogen-bond donors (Lipinski definition) is 0. The lowest BCUT2D eigenvalue weighted by Gasteiger charge is -2.19. The van der Waals surface area contributed by atoms with Crippen LogP contribution >= 0.6 is 0 Å². The molecule has 8 rings (SSSR count). The molecule has 0 atom stereocenters. The first-order chi connectivity index (χ1) is 19.8. The summed E-state index contributed by atoms with van der Waals surface area (Å²) in [5, 5.41) is 7.37. The van der Waals surface area contributed by atoms with Gasteiger partial charge in [-0.3, -0.25) is 0 Å². The van der Waals surface area contributed by atoms with E-state index in [2.05, 4.69) is 133 Å². The largest absolute Gasteiger partial charge is 0.456 e. The molecule has 0 fully saturated rings. The van der Waals surface area contributed by atoms with Crippen LogP contribution in [0.2, 0.25) is 0 Å². The number of benzene rings is 7. The van der Waals surface area contributed by atoms with Gasteiger partial charge in [0.1, 0.15) is 11.2 Å². The van der Waals surface area contributed by atoms with Gasteiger partial charge < -0.3 is 4.42 Å². The van der Waals surface area contributed by atoms with Crippen LogP contribution in [0, 0.1) is 0 Å². The lowest BCUT2D eigenvalue weighted by molar-refractivity contribution is 0.669. The first-order valence-corrected chi connectivity index (χ1v) is 13.8. The summed E-state index contributed by atoms with van der Waals surface area (Å²) in [4.78, 5) is 0. The van der Waals surface area contributed by atoms with Crippen molar-refractivity contribution in [2.45, 2.75) is 6.42 Å². The van der Waals surface area contributed by atoms with Gasteiger partial charge in [-0.1, -0.05) is 127 Å². The van der Waals surface area contributed by atoms with E-state index < -0.39 is 0 Å². The van der Waals surface area contributed by atoms with Crippen LogP contribution in [0.1, 0.15) is 11.1 Å². The van der Waals surface area contributed by atoms with Crippen LogP contribution in [-0.2, 0) is 6.42 Å². The second-order valence-corrected chi connectivity index (χ2v) is 10.5. The molecule has 0 saturated carbocycles. The van der Waals surface area contributed by atoms with E-state index in [1.165, 1.54) is 54.9 Å². The van der Waals surface area contributed by atoms with Crippen LogP contribution in [0.4, 0.5) is 0 Å². The van der Waals surface area contributed by atoms with E-state index in [-0.39, 0.29) is 0 Å². The van der Waals surface area contributed by atoms with Gasteiger partial charge in [0.05, 0.1) is 0 Å². The zero-order valence-electron chi connectivity index (χ0n) is 22.0. The van der Waals surface area contributed by atoms with E-state index >= 15 is 0 Å². The van der Waals surface area contributed by atoms with Crippen molar-refractivity contribution in [1.29, 1.82) is 0 Å². The second kappa shape index (κ2) is 9.25. The number of furan rings is 1. The van der Waals surface area contributed by atoms with Gasteiger partial charge in [-0.15, -0.1) is 0 Å². The first-order valence-electron chi connectivity index (χ1n) is 13.8.